The van der Waals surface area contributed by atoms with Gasteiger partial charge in [0, 0.05) is 12.6 Å². The zero-order valence-corrected chi connectivity index (χ0v) is 8.16. The van der Waals surface area contributed by atoms with Crippen LogP contribution in [-0.2, 0) is 4.74 Å². The second kappa shape index (κ2) is 3.56. The van der Waals surface area contributed by atoms with Gasteiger partial charge in [0.25, 0.3) is 0 Å². The minimum Gasteiger partial charge on any atom is -0.453 e. The Kier molecular flexibility index (Phi) is 2.42. The molecule has 3 heteroatoms. The highest BCUT2D eigenvalue weighted by molar-refractivity contribution is 5.68. The Bertz CT molecular complexity index is 201. The molecule has 0 aromatic carbocycles. The van der Waals surface area contributed by atoms with Gasteiger partial charge in [-0.15, -0.1) is 0 Å². The number of likely N-dealkylation sites (tertiary alicyclic amines) is 1. The lowest BCUT2D eigenvalue weighted by atomic mass is 10.1. The van der Waals surface area contributed by atoms with Crippen LogP contribution in [0.1, 0.15) is 32.1 Å². The molecule has 74 valence electrons. The third-order valence-electron chi connectivity index (χ3n) is 3.09. The van der Waals surface area contributed by atoms with E-state index in [1.54, 1.807) is 0 Å². The van der Waals surface area contributed by atoms with Crippen LogP contribution in [-0.4, -0.2) is 30.7 Å². The molecule has 0 bridgehead atoms. The first-order valence-corrected chi connectivity index (χ1v) is 5.16. The molecule has 1 unspecified atom stereocenters. The van der Waals surface area contributed by atoms with Gasteiger partial charge >= 0.3 is 6.09 Å². The van der Waals surface area contributed by atoms with Crippen molar-refractivity contribution >= 4 is 6.09 Å². The molecular formula is C10H17NO2. The third-order valence-corrected chi connectivity index (χ3v) is 3.09. The zero-order valence-electron chi connectivity index (χ0n) is 8.16. The lowest BCUT2D eigenvalue weighted by molar-refractivity contribution is 0.116. The summed E-state index contributed by atoms with van der Waals surface area (Å²) in [5.41, 5.74) is 0. The van der Waals surface area contributed by atoms with Gasteiger partial charge in [0.2, 0.25) is 0 Å². The summed E-state index contributed by atoms with van der Waals surface area (Å²) >= 11 is 0. The molecule has 1 saturated carbocycles. The first kappa shape index (κ1) is 8.85. The maximum atomic E-state index is 11.3. The Morgan fingerprint density at radius 1 is 1.46 bits per heavy atom. The van der Waals surface area contributed by atoms with E-state index in [9.17, 15) is 4.79 Å². The number of hydrogen-bond acceptors (Lipinski definition) is 2. The van der Waals surface area contributed by atoms with E-state index in [0.717, 1.165) is 18.9 Å². The Morgan fingerprint density at radius 2 is 2.23 bits per heavy atom. The van der Waals surface area contributed by atoms with E-state index in [1.807, 2.05) is 4.90 Å². The fourth-order valence-electron chi connectivity index (χ4n) is 2.18. The zero-order chi connectivity index (χ0) is 9.26. The first-order chi connectivity index (χ1) is 6.31. The second-order valence-corrected chi connectivity index (χ2v) is 4.14. The van der Waals surface area contributed by atoms with Crippen molar-refractivity contribution < 1.29 is 9.53 Å². The molecule has 1 heterocycles. The van der Waals surface area contributed by atoms with E-state index >= 15 is 0 Å². The van der Waals surface area contributed by atoms with Crippen LogP contribution in [0.4, 0.5) is 4.79 Å². The van der Waals surface area contributed by atoms with E-state index in [4.69, 9.17) is 4.74 Å². The molecule has 2 rings (SSSR count). The van der Waals surface area contributed by atoms with E-state index in [2.05, 4.69) is 0 Å². The van der Waals surface area contributed by atoms with Gasteiger partial charge in [-0.05, 0) is 25.2 Å². The standard InChI is InChI=1S/C10H17NO2/c1-13-10(12)11-6-2-3-9(11)7-8-4-5-8/h8-9H,2-7H2,1H3. The Labute approximate surface area is 79.0 Å². The SMILES string of the molecule is COC(=O)N1CCCC1CC1CC1. The van der Waals surface area contributed by atoms with Crippen molar-refractivity contribution in [2.45, 2.75) is 38.1 Å². The molecule has 0 aromatic rings. The normalized spacial score (nSPS) is 27.8. The monoisotopic (exact) mass is 183 g/mol. The lowest BCUT2D eigenvalue weighted by Gasteiger charge is -2.22. The molecule has 0 spiro atoms. The van der Waals surface area contributed by atoms with Crippen LogP contribution in [0.5, 0.6) is 0 Å². The number of hydrogen-bond donors (Lipinski definition) is 0. The molecule has 0 aromatic heterocycles. The van der Waals surface area contributed by atoms with Crippen molar-refractivity contribution in [2.24, 2.45) is 5.92 Å². The van der Waals surface area contributed by atoms with Crippen LogP contribution < -0.4 is 0 Å². The van der Waals surface area contributed by atoms with Gasteiger partial charge < -0.3 is 9.64 Å². The molecule has 1 saturated heterocycles. The Balaban J connectivity index is 1.88. The molecule has 1 atom stereocenters. The number of nitrogens with zero attached hydrogens (tertiary/aromatic N) is 1. The molecule has 1 aliphatic heterocycles. The topological polar surface area (TPSA) is 29.5 Å². The minimum absolute atomic E-state index is 0.136. The van der Waals surface area contributed by atoms with Gasteiger partial charge in [0.1, 0.15) is 0 Å². The quantitative estimate of drug-likeness (QED) is 0.655. The fraction of sp³-hybridized carbons (Fsp3) is 0.900. The lowest BCUT2D eigenvalue weighted by Crippen LogP contribution is -2.35. The van der Waals surface area contributed by atoms with Crippen molar-refractivity contribution in [2.75, 3.05) is 13.7 Å². The first-order valence-electron chi connectivity index (χ1n) is 5.16. The van der Waals surface area contributed by atoms with Gasteiger partial charge in [0.05, 0.1) is 7.11 Å². The summed E-state index contributed by atoms with van der Waals surface area (Å²) in [7, 11) is 1.47. The van der Waals surface area contributed by atoms with Crippen molar-refractivity contribution in [3.8, 4) is 0 Å². The highest BCUT2D eigenvalue weighted by Crippen LogP contribution is 2.37. The molecule has 2 fully saturated rings. The van der Waals surface area contributed by atoms with E-state index in [-0.39, 0.29) is 6.09 Å². The number of rotatable bonds is 2. The van der Waals surface area contributed by atoms with E-state index in [0.29, 0.717) is 6.04 Å². The van der Waals surface area contributed by atoms with Gasteiger partial charge in [0.15, 0.2) is 0 Å². The molecule has 3 nitrogen and oxygen atoms in total. The molecule has 13 heavy (non-hydrogen) atoms. The number of methoxy groups -OCH3 is 1. The predicted molar refractivity (Wildman–Crippen MR) is 49.5 cm³/mol. The van der Waals surface area contributed by atoms with Crippen LogP contribution in [0.2, 0.25) is 0 Å². The largest absolute Gasteiger partial charge is 0.453 e. The third kappa shape index (κ3) is 1.95. The average molecular weight is 183 g/mol. The molecule has 2 aliphatic rings. The van der Waals surface area contributed by atoms with Crippen LogP contribution in [0, 0.1) is 5.92 Å². The number of amides is 1. The molecular weight excluding hydrogens is 166 g/mol. The average Bonchev–Trinajstić information content (AvgIpc) is 2.82. The smallest absolute Gasteiger partial charge is 0.409 e. The maximum Gasteiger partial charge on any atom is 0.409 e. The van der Waals surface area contributed by atoms with Crippen molar-refractivity contribution in [3.05, 3.63) is 0 Å². The fourth-order valence-corrected chi connectivity index (χ4v) is 2.18. The van der Waals surface area contributed by atoms with Crippen molar-refractivity contribution in [1.29, 1.82) is 0 Å². The Morgan fingerprint density at radius 3 is 2.85 bits per heavy atom. The second-order valence-electron chi connectivity index (χ2n) is 4.14. The maximum absolute atomic E-state index is 11.3. The summed E-state index contributed by atoms with van der Waals surface area (Å²) in [5, 5.41) is 0. The number of carbonyl (C=O) groups is 1. The molecule has 0 radical (unpaired) electrons. The van der Waals surface area contributed by atoms with Crippen LogP contribution in [0.15, 0.2) is 0 Å². The highest BCUT2D eigenvalue weighted by atomic mass is 16.5. The van der Waals surface area contributed by atoms with E-state index < -0.39 is 0 Å². The van der Waals surface area contributed by atoms with Gasteiger partial charge in [-0.3, -0.25) is 0 Å². The van der Waals surface area contributed by atoms with Crippen LogP contribution in [0.25, 0.3) is 0 Å². The van der Waals surface area contributed by atoms with Crippen LogP contribution >= 0.6 is 0 Å². The van der Waals surface area contributed by atoms with Gasteiger partial charge in [-0.25, -0.2) is 4.79 Å². The van der Waals surface area contributed by atoms with Crippen molar-refractivity contribution in [1.82, 2.24) is 4.90 Å². The van der Waals surface area contributed by atoms with Gasteiger partial charge in [-0.1, -0.05) is 12.8 Å². The summed E-state index contributed by atoms with van der Waals surface area (Å²) in [4.78, 5) is 13.2. The highest BCUT2D eigenvalue weighted by Gasteiger charge is 2.34. The molecule has 1 amide bonds. The summed E-state index contributed by atoms with van der Waals surface area (Å²) in [6, 6.07) is 0.472. The van der Waals surface area contributed by atoms with Crippen molar-refractivity contribution in [3.63, 3.8) is 0 Å². The van der Waals surface area contributed by atoms with E-state index in [1.165, 1.54) is 32.8 Å². The molecule has 0 N–H and O–H groups in total. The summed E-state index contributed by atoms with van der Waals surface area (Å²) in [5.74, 6) is 0.898. The summed E-state index contributed by atoms with van der Waals surface area (Å²) in [6.07, 6.45) is 6.12. The predicted octanol–water partition coefficient (Wildman–Crippen LogP) is 2.02. The summed E-state index contributed by atoms with van der Waals surface area (Å²) in [6.45, 7) is 0.893. The summed E-state index contributed by atoms with van der Waals surface area (Å²) < 4.78 is 4.75. The molecule has 1 aliphatic carbocycles. The van der Waals surface area contributed by atoms with Crippen LogP contribution in [0.3, 0.4) is 0 Å². The minimum atomic E-state index is -0.136. The number of carbonyl (C=O) groups excluding carboxylic acids is 1. The number of ether oxygens (including phenoxy) is 1. The van der Waals surface area contributed by atoms with Gasteiger partial charge in [-0.2, -0.15) is 0 Å². The Hall–Kier alpha value is -0.730.